The second-order valence-electron chi connectivity index (χ2n) is 10.7. The van der Waals surface area contributed by atoms with Gasteiger partial charge in [0.25, 0.3) is 0 Å². The molecule has 1 heterocycles. The van der Waals surface area contributed by atoms with Crippen molar-refractivity contribution in [1.29, 1.82) is 0 Å². The maximum absolute atomic E-state index is 11.5. The van der Waals surface area contributed by atoms with Crippen molar-refractivity contribution < 1.29 is 31.5 Å². The molecule has 0 radical (unpaired) electrons. The molecule has 0 aliphatic heterocycles. The predicted molar refractivity (Wildman–Crippen MR) is 204 cm³/mol. The molecule has 5 aromatic rings. The average molecular weight is 837 g/mol. The number of alkyl halides is 1. The zero-order valence-corrected chi connectivity index (χ0v) is 31.7. The number of ketones is 1. The molecule has 1 atom stereocenters. The highest BCUT2D eigenvalue weighted by atomic mass is 79.9. The summed E-state index contributed by atoms with van der Waals surface area (Å²) in [6.07, 6.45) is 1.24. The quantitative estimate of drug-likeness (QED) is 0.0493. The standard InChI is InChI=1S/C23H24ClN3O4S.C9H9BrClNO3S.ClH/c1-32(29,30)27-22-12-15(6-9-19(22)24)23(28)14-25-10-11-31-16-7-8-18-17-4-2-3-5-20(17)26-21(18)13-16;1-16(14,15)12-8-4-6(9(13)5-10)2-3-7(8)11;/h2-9,12-13,23,25-28H,10-11,14H2,1H3;2-4,12H,5H2,1H3;1H. The Morgan fingerprint density at radius 3 is 2.12 bits per heavy atom. The van der Waals surface area contributed by atoms with Crippen LogP contribution >= 0.6 is 51.5 Å². The van der Waals surface area contributed by atoms with Gasteiger partial charge in [-0.25, -0.2) is 16.8 Å². The first-order chi connectivity index (χ1) is 22.6. The van der Waals surface area contributed by atoms with Gasteiger partial charge < -0.3 is 20.1 Å². The number of benzene rings is 4. The summed E-state index contributed by atoms with van der Waals surface area (Å²) in [7, 11) is -6.87. The Kier molecular flexibility index (Phi) is 14.6. The smallest absolute Gasteiger partial charge is 0.229 e. The number of aromatic nitrogens is 1. The van der Waals surface area contributed by atoms with Crippen LogP contribution in [0, 0.1) is 0 Å². The summed E-state index contributed by atoms with van der Waals surface area (Å²) in [5.74, 6) is 0.619. The van der Waals surface area contributed by atoms with Crippen LogP contribution in [-0.2, 0) is 20.0 Å². The Hall–Kier alpha value is -3.08. The molecule has 0 saturated heterocycles. The van der Waals surface area contributed by atoms with Crippen molar-refractivity contribution in [3.8, 4) is 5.75 Å². The van der Waals surface area contributed by atoms with Crippen LogP contribution in [0.25, 0.3) is 21.8 Å². The fraction of sp³-hybridized carbons (Fsp3) is 0.219. The van der Waals surface area contributed by atoms with Gasteiger partial charge in [-0.2, -0.15) is 0 Å². The molecule has 5 N–H and O–H groups in total. The van der Waals surface area contributed by atoms with Crippen LogP contribution < -0.4 is 19.5 Å². The molecular weight excluding hydrogens is 803 g/mol. The first kappa shape index (κ1) is 40.4. The molecule has 1 unspecified atom stereocenters. The number of aliphatic hydroxyl groups is 1. The molecule has 17 heteroatoms. The van der Waals surface area contributed by atoms with E-state index >= 15 is 0 Å². The number of fused-ring (bicyclic) bond motifs is 3. The summed E-state index contributed by atoms with van der Waals surface area (Å²) in [5.41, 5.74) is 3.50. The molecule has 264 valence electrons. The molecule has 49 heavy (non-hydrogen) atoms. The van der Waals surface area contributed by atoms with E-state index in [0.29, 0.717) is 24.3 Å². The lowest BCUT2D eigenvalue weighted by atomic mass is 10.1. The molecule has 0 aliphatic rings. The highest BCUT2D eigenvalue weighted by Gasteiger charge is 2.13. The van der Waals surface area contributed by atoms with Crippen molar-refractivity contribution in [1.82, 2.24) is 10.3 Å². The summed E-state index contributed by atoms with van der Waals surface area (Å²) >= 11 is 14.9. The molecule has 4 aromatic carbocycles. The number of carbonyl (C=O) groups excluding carboxylic acids is 1. The van der Waals surface area contributed by atoms with Crippen molar-refractivity contribution in [2.45, 2.75) is 6.10 Å². The van der Waals surface area contributed by atoms with E-state index in [1.807, 2.05) is 36.4 Å². The van der Waals surface area contributed by atoms with Gasteiger partial charge in [0.05, 0.1) is 50.9 Å². The second kappa shape index (κ2) is 17.7. The highest BCUT2D eigenvalue weighted by Crippen LogP contribution is 2.29. The fourth-order valence-corrected chi connectivity index (χ4v) is 6.51. The number of nitrogens with one attached hydrogen (secondary N) is 4. The molecule has 1 aromatic heterocycles. The molecule has 0 fully saturated rings. The van der Waals surface area contributed by atoms with Gasteiger partial charge in [0.1, 0.15) is 12.4 Å². The van der Waals surface area contributed by atoms with E-state index in [2.05, 4.69) is 41.7 Å². The van der Waals surface area contributed by atoms with E-state index < -0.39 is 26.2 Å². The van der Waals surface area contributed by atoms with Crippen LogP contribution in [0.4, 0.5) is 11.4 Å². The number of aromatic amines is 1. The highest BCUT2D eigenvalue weighted by molar-refractivity contribution is 9.09. The number of hydrogen-bond donors (Lipinski definition) is 5. The van der Waals surface area contributed by atoms with Gasteiger partial charge in [0, 0.05) is 41.0 Å². The number of aliphatic hydroxyl groups excluding tert-OH is 1. The number of sulfonamides is 2. The summed E-state index contributed by atoms with van der Waals surface area (Å²) in [6.45, 7) is 1.24. The Morgan fingerprint density at radius 2 is 1.47 bits per heavy atom. The lowest BCUT2D eigenvalue weighted by Crippen LogP contribution is -2.26. The number of para-hydroxylation sites is 1. The molecular formula is C32H34BrCl3N4O7S2. The minimum absolute atomic E-state index is 0. The van der Waals surface area contributed by atoms with Crippen LogP contribution in [0.3, 0.4) is 0 Å². The first-order valence-corrected chi connectivity index (χ1v) is 20.0. The van der Waals surface area contributed by atoms with E-state index in [4.69, 9.17) is 27.9 Å². The van der Waals surface area contributed by atoms with Gasteiger partial charge in [-0.05, 0) is 54.1 Å². The molecule has 0 amide bonds. The van der Waals surface area contributed by atoms with Gasteiger partial charge in [0.15, 0.2) is 5.78 Å². The maximum atomic E-state index is 11.5. The summed E-state index contributed by atoms with van der Waals surface area (Å²) in [4.78, 5) is 14.8. The van der Waals surface area contributed by atoms with E-state index in [1.165, 1.54) is 23.6 Å². The van der Waals surface area contributed by atoms with Gasteiger partial charge in [-0.1, -0.05) is 63.4 Å². The van der Waals surface area contributed by atoms with Gasteiger partial charge in [-0.3, -0.25) is 14.2 Å². The zero-order valence-electron chi connectivity index (χ0n) is 26.2. The number of carbonyl (C=O) groups is 1. The first-order valence-electron chi connectivity index (χ1n) is 14.3. The molecule has 0 saturated carbocycles. The van der Waals surface area contributed by atoms with Crippen LogP contribution in [0.5, 0.6) is 5.75 Å². The van der Waals surface area contributed by atoms with Crippen LogP contribution in [-0.4, -0.2) is 70.2 Å². The van der Waals surface area contributed by atoms with Crippen molar-refractivity contribution in [2.24, 2.45) is 0 Å². The number of anilines is 2. The Bertz CT molecular complexity index is 2150. The Morgan fingerprint density at radius 1 is 0.857 bits per heavy atom. The number of rotatable bonds is 13. The van der Waals surface area contributed by atoms with Crippen LogP contribution in [0.1, 0.15) is 22.0 Å². The summed E-state index contributed by atoms with van der Waals surface area (Å²) in [6, 6.07) is 23.3. The summed E-state index contributed by atoms with van der Waals surface area (Å²) in [5, 5.41) is 16.6. The summed E-state index contributed by atoms with van der Waals surface area (Å²) < 4.78 is 55.4. The third-order valence-electron chi connectivity index (χ3n) is 6.74. The number of H-pyrrole nitrogens is 1. The fourth-order valence-electron chi connectivity index (χ4n) is 4.60. The lowest BCUT2D eigenvalue weighted by Gasteiger charge is -2.15. The van der Waals surface area contributed by atoms with Crippen LogP contribution in [0.2, 0.25) is 10.0 Å². The second-order valence-corrected chi connectivity index (χ2v) is 15.6. The number of halogens is 4. The van der Waals surface area contributed by atoms with Crippen LogP contribution in [0.15, 0.2) is 78.9 Å². The maximum Gasteiger partial charge on any atom is 0.229 e. The Balaban J connectivity index is 0.000000324. The van der Waals surface area contributed by atoms with E-state index in [-0.39, 0.29) is 51.5 Å². The van der Waals surface area contributed by atoms with Crippen molar-refractivity contribution >= 4 is 111 Å². The minimum Gasteiger partial charge on any atom is -0.492 e. The van der Waals surface area contributed by atoms with Gasteiger partial charge in [-0.15, -0.1) is 12.4 Å². The third kappa shape index (κ3) is 12.0. The van der Waals surface area contributed by atoms with Gasteiger partial charge in [0.2, 0.25) is 20.0 Å². The normalized spacial score (nSPS) is 12.0. The van der Waals surface area contributed by atoms with Gasteiger partial charge >= 0.3 is 0 Å². The largest absolute Gasteiger partial charge is 0.492 e. The topological polar surface area (TPSA) is 167 Å². The van der Waals surface area contributed by atoms with E-state index in [1.54, 1.807) is 18.2 Å². The Labute approximate surface area is 309 Å². The molecule has 0 spiro atoms. The molecule has 0 bridgehead atoms. The predicted octanol–water partition coefficient (Wildman–Crippen LogP) is 6.76. The molecule has 11 nitrogen and oxygen atoms in total. The average Bonchev–Trinajstić information content (AvgIpc) is 3.39. The lowest BCUT2D eigenvalue weighted by molar-refractivity contribution is 0.102. The van der Waals surface area contributed by atoms with E-state index in [9.17, 15) is 26.7 Å². The third-order valence-corrected chi connectivity index (χ3v) is 9.09. The number of ether oxygens (including phenoxy) is 1. The van der Waals surface area contributed by atoms with Crippen molar-refractivity contribution in [3.63, 3.8) is 0 Å². The molecule has 5 rings (SSSR count). The van der Waals surface area contributed by atoms with Crippen molar-refractivity contribution in [3.05, 3.63) is 100 Å². The van der Waals surface area contributed by atoms with E-state index in [0.717, 1.165) is 34.7 Å². The molecule has 0 aliphatic carbocycles. The SMILES string of the molecule is CS(=O)(=O)Nc1cc(C(=O)CBr)ccc1Cl.CS(=O)(=O)Nc1cc(C(O)CNCCOc2ccc3c(c2)[nH]c2ccccc23)ccc1Cl.Cl. The zero-order chi connectivity index (χ0) is 35.1. The van der Waals surface area contributed by atoms with Crippen molar-refractivity contribution in [2.75, 3.05) is 47.0 Å². The number of Topliss-reactive ketones (excluding diaryl/α,β-unsaturated/α-hetero) is 1. The minimum atomic E-state index is -3.46. The monoisotopic (exact) mass is 834 g/mol. The number of hydrogen-bond acceptors (Lipinski definition) is 8.